The van der Waals surface area contributed by atoms with Crippen LogP contribution in [-0.4, -0.2) is 36.2 Å². The van der Waals surface area contributed by atoms with Crippen LogP contribution in [0.4, 0.5) is 8.78 Å². The van der Waals surface area contributed by atoms with Gasteiger partial charge in [0.1, 0.15) is 0 Å². The molecule has 1 atom stereocenters. The van der Waals surface area contributed by atoms with Crippen LogP contribution < -0.4 is 5.73 Å². The molecule has 1 aliphatic heterocycles. The van der Waals surface area contributed by atoms with Crippen molar-refractivity contribution in [1.29, 1.82) is 0 Å². The van der Waals surface area contributed by atoms with Crippen molar-refractivity contribution >= 4 is 11.8 Å². The second-order valence-corrected chi connectivity index (χ2v) is 2.99. The number of hydrogen-bond acceptors (Lipinski definition) is 2. The first kappa shape index (κ1) is 9.88. The molecule has 0 aromatic rings. The Hall–Kier alpha value is -1.20. The highest BCUT2D eigenvalue weighted by Gasteiger charge is 2.34. The van der Waals surface area contributed by atoms with E-state index in [4.69, 9.17) is 5.73 Å². The Morgan fingerprint density at radius 1 is 1.69 bits per heavy atom. The molecule has 74 valence electrons. The Kier molecular flexibility index (Phi) is 2.79. The first-order valence-electron chi connectivity index (χ1n) is 3.86. The highest BCUT2D eigenvalue weighted by molar-refractivity contribution is 5.88. The predicted octanol–water partition coefficient (Wildman–Crippen LogP) is -0.415. The third-order valence-electron chi connectivity index (χ3n) is 1.98. The third kappa shape index (κ3) is 2.37. The standard InChI is InChI=1S/C7H10F2N2O2/c8-5(9)3-11-2-4(7(10)13)1-6(11)12/h4-5H,1-3H2,(H2,10,13). The van der Waals surface area contributed by atoms with Gasteiger partial charge in [-0.25, -0.2) is 8.78 Å². The molecule has 2 amide bonds. The van der Waals surface area contributed by atoms with Crippen molar-refractivity contribution in [2.45, 2.75) is 12.8 Å². The lowest BCUT2D eigenvalue weighted by molar-refractivity contribution is -0.129. The van der Waals surface area contributed by atoms with Crippen LogP contribution >= 0.6 is 0 Å². The topological polar surface area (TPSA) is 63.4 Å². The Morgan fingerprint density at radius 2 is 2.31 bits per heavy atom. The normalized spacial score (nSPS) is 22.8. The van der Waals surface area contributed by atoms with Gasteiger partial charge in [0.25, 0.3) is 6.43 Å². The number of amides is 2. The van der Waals surface area contributed by atoms with Gasteiger partial charge >= 0.3 is 0 Å². The van der Waals surface area contributed by atoms with Crippen LogP contribution in [0.15, 0.2) is 0 Å². The Balaban J connectivity index is 2.51. The minimum Gasteiger partial charge on any atom is -0.369 e. The van der Waals surface area contributed by atoms with Gasteiger partial charge in [0, 0.05) is 13.0 Å². The van der Waals surface area contributed by atoms with Crippen LogP contribution in [0.5, 0.6) is 0 Å². The maximum Gasteiger partial charge on any atom is 0.255 e. The molecule has 0 radical (unpaired) electrons. The molecule has 13 heavy (non-hydrogen) atoms. The Morgan fingerprint density at radius 3 is 2.69 bits per heavy atom. The molecule has 4 nitrogen and oxygen atoms in total. The molecule has 0 bridgehead atoms. The summed E-state index contributed by atoms with van der Waals surface area (Å²) in [5, 5.41) is 0. The summed E-state index contributed by atoms with van der Waals surface area (Å²) in [4.78, 5) is 22.6. The molecule has 1 heterocycles. The number of nitrogens with zero attached hydrogens (tertiary/aromatic N) is 1. The fraction of sp³-hybridized carbons (Fsp3) is 0.714. The Bertz CT molecular complexity index is 233. The number of rotatable bonds is 3. The summed E-state index contributed by atoms with van der Waals surface area (Å²) in [5.74, 6) is -1.64. The van der Waals surface area contributed by atoms with Crippen molar-refractivity contribution in [1.82, 2.24) is 4.90 Å². The average Bonchev–Trinajstić information content (AvgIpc) is 2.31. The van der Waals surface area contributed by atoms with Crippen LogP contribution in [0.3, 0.4) is 0 Å². The fourth-order valence-corrected chi connectivity index (χ4v) is 1.31. The summed E-state index contributed by atoms with van der Waals surface area (Å²) in [5.41, 5.74) is 4.95. The summed E-state index contributed by atoms with van der Waals surface area (Å²) in [6.07, 6.45) is -2.60. The quantitative estimate of drug-likeness (QED) is 0.660. The van der Waals surface area contributed by atoms with E-state index in [0.29, 0.717) is 0 Å². The van der Waals surface area contributed by atoms with Crippen LogP contribution in [0.2, 0.25) is 0 Å². The van der Waals surface area contributed by atoms with E-state index in [-0.39, 0.29) is 13.0 Å². The second-order valence-electron chi connectivity index (χ2n) is 2.99. The summed E-state index contributed by atoms with van der Waals surface area (Å²) < 4.78 is 23.8. The molecule has 1 fully saturated rings. The van der Waals surface area contributed by atoms with Crippen molar-refractivity contribution in [3.05, 3.63) is 0 Å². The lowest BCUT2D eigenvalue weighted by Gasteiger charge is -2.14. The van der Waals surface area contributed by atoms with E-state index in [0.717, 1.165) is 4.90 Å². The predicted molar refractivity (Wildman–Crippen MR) is 39.9 cm³/mol. The van der Waals surface area contributed by atoms with Crippen molar-refractivity contribution in [3.63, 3.8) is 0 Å². The van der Waals surface area contributed by atoms with E-state index in [1.54, 1.807) is 0 Å². The smallest absolute Gasteiger partial charge is 0.255 e. The lowest BCUT2D eigenvalue weighted by Crippen LogP contribution is -2.32. The van der Waals surface area contributed by atoms with Crippen molar-refractivity contribution in [2.75, 3.05) is 13.1 Å². The molecule has 0 aromatic heterocycles. The molecule has 2 N–H and O–H groups in total. The van der Waals surface area contributed by atoms with Crippen LogP contribution in [0.25, 0.3) is 0 Å². The van der Waals surface area contributed by atoms with E-state index < -0.39 is 30.7 Å². The molecule has 0 aromatic carbocycles. The first-order chi connectivity index (χ1) is 6.00. The van der Waals surface area contributed by atoms with Crippen molar-refractivity contribution in [3.8, 4) is 0 Å². The number of nitrogens with two attached hydrogens (primary N) is 1. The van der Waals surface area contributed by atoms with Crippen molar-refractivity contribution in [2.24, 2.45) is 11.7 Å². The van der Waals surface area contributed by atoms with Gasteiger partial charge < -0.3 is 10.6 Å². The molecular weight excluding hydrogens is 182 g/mol. The fourth-order valence-electron chi connectivity index (χ4n) is 1.31. The monoisotopic (exact) mass is 192 g/mol. The molecular formula is C7H10F2N2O2. The summed E-state index contributed by atoms with van der Waals surface area (Å²) in [7, 11) is 0. The van der Waals surface area contributed by atoms with E-state index >= 15 is 0 Å². The average molecular weight is 192 g/mol. The minimum atomic E-state index is -2.56. The third-order valence-corrected chi connectivity index (χ3v) is 1.98. The van der Waals surface area contributed by atoms with Crippen LogP contribution in [0.1, 0.15) is 6.42 Å². The van der Waals surface area contributed by atoms with Gasteiger partial charge in [0.05, 0.1) is 12.5 Å². The van der Waals surface area contributed by atoms with Gasteiger partial charge in [-0.05, 0) is 0 Å². The maximum atomic E-state index is 11.9. The number of alkyl halides is 2. The lowest BCUT2D eigenvalue weighted by atomic mass is 10.1. The number of carbonyl (C=O) groups is 2. The van der Waals surface area contributed by atoms with Gasteiger partial charge in [0.2, 0.25) is 11.8 Å². The largest absolute Gasteiger partial charge is 0.369 e. The molecule has 1 aliphatic rings. The van der Waals surface area contributed by atoms with Gasteiger partial charge in [-0.2, -0.15) is 0 Å². The zero-order valence-corrected chi connectivity index (χ0v) is 6.87. The molecule has 1 saturated heterocycles. The molecule has 0 aliphatic carbocycles. The van der Waals surface area contributed by atoms with Gasteiger partial charge in [-0.1, -0.05) is 0 Å². The molecule has 1 unspecified atom stereocenters. The van der Waals surface area contributed by atoms with E-state index in [1.807, 2.05) is 0 Å². The minimum absolute atomic E-state index is 0.0263. The van der Waals surface area contributed by atoms with E-state index in [9.17, 15) is 18.4 Å². The van der Waals surface area contributed by atoms with Gasteiger partial charge in [-0.3, -0.25) is 9.59 Å². The number of primary amides is 1. The van der Waals surface area contributed by atoms with Gasteiger partial charge in [-0.15, -0.1) is 0 Å². The van der Waals surface area contributed by atoms with E-state index in [2.05, 4.69) is 0 Å². The van der Waals surface area contributed by atoms with E-state index in [1.165, 1.54) is 0 Å². The van der Waals surface area contributed by atoms with Gasteiger partial charge in [0.15, 0.2) is 0 Å². The summed E-state index contributed by atoms with van der Waals surface area (Å²) >= 11 is 0. The SMILES string of the molecule is NC(=O)C1CC(=O)N(CC(F)F)C1. The number of halogens is 2. The zero-order chi connectivity index (χ0) is 10.0. The van der Waals surface area contributed by atoms with Crippen molar-refractivity contribution < 1.29 is 18.4 Å². The molecule has 0 spiro atoms. The number of hydrogen-bond donors (Lipinski definition) is 1. The highest BCUT2D eigenvalue weighted by atomic mass is 19.3. The summed E-state index contributed by atoms with van der Waals surface area (Å²) in [6, 6.07) is 0. The van der Waals surface area contributed by atoms with Crippen LogP contribution in [0, 0.1) is 5.92 Å². The molecule has 0 saturated carbocycles. The highest BCUT2D eigenvalue weighted by Crippen LogP contribution is 2.17. The number of likely N-dealkylation sites (tertiary alicyclic amines) is 1. The van der Waals surface area contributed by atoms with Crippen LogP contribution in [-0.2, 0) is 9.59 Å². The molecule has 6 heteroatoms. The molecule has 1 rings (SSSR count). The first-order valence-corrected chi connectivity index (χ1v) is 3.86. The maximum absolute atomic E-state index is 11.9. The Labute approximate surface area is 73.7 Å². The number of carbonyl (C=O) groups excluding carboxylic acids is 2. The summed E-state index contributed by atoms with van der Waals surface area (Å²) in [6.45, 7) is -0.582. The zero-order valence-electron chi connectivity index (χ0n) is 6.87. The second kappa shape index (κ2) is 3.68.